The molecule has 0 aliphatic carbocycles. The van der Waals surface area contributed by atoms with Crippen molar-refractivity contribution < 1.29 is 14.4 Å². The van der Waals surface area contributed by atoms with Crippen LogP contribution < -0.4 is 5.32 Å². The van der Waals surface area contributed by atoms with Gasteiger partial charge in [0.25, 0.3) is 5.91 Å². The molecule has 0 aliphatic heterocycles. The van der Waals surface area contributed by atoms with Gasteiger partial charge in [0.05, 0.1) is 18.3 Å². The summed E-state index contributed by atoms with van der Waals surface area (Å²) in [5.74, 6) is 0.255. The maximum atomic E-state index is 11.8. The third-order valence-corrected chi connectivity index (χ3v) is 2.31. The largest absolute Gasteiger partial charge is 0.394 e. The third kappa shape index (κ3) is 2.56. The minimum Gasteiger partial charge on any atom is -0.394 e. The van der Waals surface area contributed by atoms with E-state index in [9.17, 15) is 4.79 Å². The molecule has 0 aromatic carbocycles. The molecule has 0 bridgehead atoms. The van der Waals surface area contributed by atoms with Gasteiger partial charge in [-0.15, -0.1) is 0 Å². The Kier molecular flexibility index (Phi) is 3.85. The van der Waals surface area contributed by atoms with Crippen LogP contribution in [0.5, 0.6) is 0 Å². The highest BCUT2D eigenvalue weighted by Crippen LogP contribution is 2.12. The van der Waals surface area contributed by atoms with Crippen LogP contribution in [0.1, 0.15) is 35.2 Å². The molecule has 0 saturated carbocycles. The first-order chi connectivity index (χ1) is 7.10. The van der Waals surface area contributed by atoms with E-state index in [2.05, 4.69) is 10.5 Å². The van der Waals surface area contributed by atoms with Gasteiger partial charge in [-0.3, -0.25) is 4.79 Å². The first-order valence-corrected chi connectivity index (χ1v) is 4.94. The maximum Gasteiger partial charge on any atom is 0.257 e. The molecule has 1 aromatic heterocycles. The summed E-state index contributed by atoms with van der Waals surface area (Å²) in [6.45, 7) is 5.24. The van der Waals surface area contributed by atoms with Crippen LogP contribution in [0.2, 0.25) is 0 Å². The molecule has 5 nitrogen and oxygen atoms in total. The average molecular weight is 212 g/mol. The normalized spacial score (nSPS) is 12.5. The number of rotatable bonds is 4. The zero-order valence-corrected chi connectivity index (χ0v) is 9.20. The standard InChI is InChI=1S/C10H16N2O3/c1-4-8(5-13)11-10(14)9-6(2)12-15-7(9)3/h8,13H,4-5H2,1-3H3,(H,11,14). The first kappa shape index (κ1) is 11.7. The maximum absolute atomic E-state index is 11.8. The van der Waals surface area contributed by atoms with Crippen LogP contribution in [0.4, 0.5) is 0 Å². The van der Waals surface area contributed by atoms with Gasteiger partial charge < -0.3 is 14.9 Å². The molecular weight excluding hydrogens is 196 g/mol. The Morgan fingerprint density at radius 2 is 2.27 bits per heavy atom. The summed E-state index contributed by atoms with van der Waals surface area (Å²) in [4.78, 5) is 11.8. The number of carbonyl (C=O) groups is 1. The molecule has 5 heteroatoms. The SMILES string of the molecule is CCC(CO)NC(=O)c1c(C)noc1C. The van der Waals surface area contributed by atoms with E-state index in [0.29, 0.717) is 23.4 Å². The smallest absolute Gasteiger partial charge is 0.257 e. The molecule has 1 unspecified atom stereocenters. The second kappa shape index (κ2) is 4.93. The predicted octanol–water partition coefficient (Wildman–Crippen LogP) is 0.792. The van der Waals surface area contributed by atoms with Crippen LogP contribution in [0.15, 0.2) is 4.52 Å². The van der Waals surface area contributed by atoms with Crippen LogP contribution in [0, 0.1) is 13.8 Å². The van der Waals surface area contributed by atoms with Crippen molar-refractivity contribution in [2.75, 3.05) is 6.61 Å². The molecule has 0 aliphatic rings. The molecule has 0 spiro atoms. The monoisotopic (exact) mass is 212 g/mol. The second-order valence-electron chi connectivity index (χ2n) is 3.46. The van der Waals surface area contributed by atoms with Crippen LogP contribution in [-0.2, 0) is 0 Å². The van der Waals surface area contributed by atoms with Crippen LogP contribution >= 0.6 is 0 Å². The van der Waals surface area contributed by atoms with Gasteiger partial charge in [0.1, 0.15) is 11.3 Å². The fraction of sp³-hybridized carbons (Fsp3) is 0.600. The van der Waals surface area contributed by atoms with Gasteiger partial charge in [-0.1, -0.05) is 12.1 Å². The summed E-state index contributed by atoms with van der Waals surface area (Å²) in [6, 6.07) is -0.216. The van der Waals surface area contributed by atoms with Gasteiger partial charge in [0, 0.05) is 0 Å². The van der Waals surface area contributed by atoms with Crippen LogP contribution in [0.25, 0.3) is 0 Å². The van der Waals surface area contributed by atoms with E-state index >= 15 is 0 Å². The number of aliphatic hydroxyl groups excluding tert-OH is 1. The number of nitrogens with zero attached hydrogens (tertiary/aromatic N) is 1. The van der Waals surface area contributed by atoms with Gasteiger partial charge in [0.2, 0.25) is 0 Å². The van der Waals surface area contributed by atoms with Crippen molar-refractivity contribution in [3.63, 3.8) is 0 Å². The zero-order chi connectivity index (χ0) is 11.4. The zero-order valence-electron chi connectivity index (χ0n) is 9.20. The van der Waals surface area contributed by atoms with Crippen molar-refractivity contribution in [1.29, 1.82) is 0 Å². The Bertz CT molecular complexity index is 323. The Morgan fingerprint density at radius 3 is 2.67 bits per heavy atom. The number of hydrogen-bond acceptors (Lipinski definition) is 4. The quantitative estimate of drug-likeness (QED) is 0.773. The number of aryl methyl sites for hydroxylation is 2. The van der Waals surface area contributed by atoms with E-state index in [1.807, 2.05) is 6.92 Å². The highest BCUT2D eigenvalue weighted by molar-refractivity contribution is 5.96. The van der Waals surface area contributed by atoms with E-state index in [4.69, 9.17) is 9.63 Å². The summed E-state index contributed by atoms with van der Waals surface area (Å²) >= 11 is 0. The van der Waals surface area contributed by atoms with Gasteiger partial charge in [-0.2, -0.15) is 0 Å². The Morgan fingerprint density at radius 1 is 1.60 bits per heavy atom. The lowest BCUT2D eigenvalue weighted by Crippen LogP contribution is -2.37. The lowest BCUT2D eigenvalue weighted by Gasteiger charge is -2.13. The summed E-state index contributed by atoms with van der Waals surface area (Å²) in [7, 11) is 0. The molecule has 1 heterocycles. The van der Waals surface area contributed by atoms with Gasteiger partial charge >= 0.3 is 0 Å². The number of aliphatic hydroxyl groups is 1. The second-order valence-corrected chi connectivity index (χ2v) is 3.46. The number of aromatic nitrogens is 1. The number of hydrogen-bond donors (Lipinski definition) is 2. The van der Waals surface area contributed by atoms with Gasteiger partial charge in [-0.25, -0.2) is 0 Å². The molecule has 15 heavy (non-hydrogen) atoms. The average Bonchev–Trinajstić information content (AvgIpc) is 2.55. The Labute approximate surface area is 88.5 Å². The first-order valence-electron chi connectivity index (χ1n) is 4.94. The molecule has 0 radical (unpaired) electrons. The molecule has 1 atom stereocenters. The van der Waals surface area contributed by atoms with Crippen molar-refractivity contribution in [2.24, 2.45) is 0 Å². The minimum atomic E-state index is -0.243. The van der Waals surface area contributed by atoms with Gasteiger partial charge in [-0.05, 0) is 20.3 Å². The molecule has 1 aromatic rings. The Balaban J connectivity index is 2.77. The number of nitrogens with one attached hydrogen (secondary N) is 1. The summed E-state index contributed by atoms with van der Waals surface area (Å²) in [6.07, 6.45) is 0.686. The highest BCUT2D eigenvalue weighted by Gasteiger charge is 2.19. The lowest BCUT2D eigenvalue weighted by atomic mass is 10.1. The summed E-state index contributed by atoms with van der Waals surface area (Å²) < 4.78 is 4.89. The fourth-order valence-corrected chi connectivity index (χ4v) is 1.34. The Hall–Kier alpha value is -1.36. The van der Waals surface area contributed by atoms with E-state index < -0.39 is 0 Å². The van der Waals surface area contributed by atoms with Crippen molar-refractivity contribution >= 4 is 5.91 Å². The molecular formula is C10H16N2O3. The summed E-state index contributed by atoms with van der Waals surface area (Å²) in [5.41, 5.74) is 1.03. The van der Waals surface area contributed by atoms with Crippen molar-refractivity contribution in [2.45, 2.75) is 33.2 Å². The van der Waals surface area contributed by atoms with Crippen LogP contribution in [0.3, 0.4) is 0 Å². The molecule has 2 N–H and O–H groups in total. The molecule has 1 amide bonds. The third-order valence-electron chi connectivity index (χ3n) is 2.31. The van der Waals surface area contributed by atoms with Crippen molar-refractivity contribution in [3.8, 4) is 0 Å². The molecule has 1 rings (SSSR count). The highest BCUT2D eigenvalue weighted by atomic mass is 16.5. The minimum absolute atomic E-state index is 0.0639. The number of carbonyl (C=O) groups excluding carboxylic acids is 1. The van der Waals surface area contributed by atoms with Gasteiger partial charge in [0.15, 0.2) is 0 Å². The lowest BCUT2D eigenvalue weighted by molar-refractivity contribution is 0.0913. The topological polar surface area (TPSA) is 75.4 Å². The van der Waals surface area contributed by atoms with E-state index in [1.165, 1.54) is 0 Å². The molecule has 0 saturated heterocycles. The van der Waals surface area contributed by atoms with E-state index in [0.717, 1.165) is 0 Å². The molecule has 0 fully saturated rings. The fourth-order valence-electron chi connectivity index (χ4n) is 1.34. The van der Waals surface area contributed by atoms with E-state index in [1.54, 1.807) is 13.8 Å². The summed E-state index contributed by atoms with van der Waals surface area (Å²) in [5, 5.41) is 15.4. The van der Waals surface area contributed by atoms with Crippen molar-refractivity contribution in [3.05, 3.63) is 17.0 Å². The van der Waals surface area contributed by atoms with Crippen LogP contribution in [-0.4, -0.2) is 28.8 Å². The van der Waals surface area contributed by atoms with E-state index in [-0.39, 0.29) is 18.6 Å². The van der Waals surface area contributed by atoms with Crippen molar-refractivity contribution in [1.82, 2.24) is 10.5 Å². The number of amides is 1. The predicted molar refractivity (Wildman–Crippen MR) is 54.6 cm³/mol. The molecule has 84 valence electrons.